The summed E-state index contributed by atoms with van der Waals surface area (Å²) in [6.45, 7) is 3.57. The van der Waals surface area contributed by atoms with Crippen molar-refractivity contribution in [2.24, 2.45) is 0 Å². The first-order valence-electron chi connectivity index (χ1n) is 12.6. The lowest BCUT2D eigenvalue weighted by Gasteiger charge is -2.25. The van der Waals surface area contributed by atoms with Crippen molar-refractivity contribution in [2.75, 3.05) is 11.6 Å². The molecule has 0 bridgehead atoms. The van der Waals surface area contributed by atoms with Gasteiger partial charge in [-0.25, -0.2) is 13.2 Å². The minimum atomic E-state index is -4.83. The van der Waals surface area contributed by atoms with Crippen LogP contribution in [0.2, 0.25) is 0 Å². The highest BCUT2D eigenvalue weighted by Crippen LogP contribution is 2.56. The summed E-state index contributed by atoms with van der Waals surface area (Å²) in [5.74, 6) is -8.03. The van der Waals surface area contributed by atoms with E-state index in [4.69, 9.17) is 4.42 Å². The van der Waals surface area contributed by atoms with Crippen LogP contribution in [0.5, 0.6) is 0 Å². The van der Waals surface area contributed by atoms with E-state index in [-0.39, 0.29) is 29.5 Å². The highest BCUT2D eigenvalue weighted by atomic mass is 31.2. The van der Waals surface area contributed by atoms with Crippen LogP contribution in [0.25, 0.3) is 22.8 Å². The second kappa shape index (κ2) is 10.3. The van der Waals surface area contributed by atoms with Gasteiger partial charge in [0.1, 0.15) is 11.0 Å². The molecule has 3 heterocycles. The minimum Gasteiger partial charge on any atom is -0.419 e. The van der Waals surface area contributed by atoms with Gasteiger partial charge in [0.25, 0.3) is 11.8 Å². The average Bonchev–Trinajstić information content (AvgIpc) is 3.60. The molecule has 0 spiro atoms. The number of fused-ring (bicyclic) bond motifs is 1. The summed E-state index contributed by atoms with van der Waals surface area (Å²) in [6, 6.07) is 7.16. The molecule has 0 aliphatic carbocycles. The van der Waals surface area contributed by atoms with Gasteiger partial charge < -0.3 is 18.7 Å². The number of aromatic nitrogens is 4. The monoisotopic (exact) mass is 629 g/mol. The van der Waals surface area contributed by atoms with E-state index < -0.39 is 72.1 Å². The molecule has 228 valence electrons. The number of halogens is 6. The van der Waals surface area contributed by atoms with E-state index in [2.05, 4.69) is 24.9 Å². The van der Waals surface area contributed by atoms with Gasteiger partial charge >= 0.3 is 12.1 Å². The zero-order chi connectivity index (χ0) is 31.5. The Morgan fingerprint density at radius 3 is 2.37 bits per heavy atom. The van der Waals surface area contributed by atoms with Crippen LogP contribution < -0.4 is 4.90 Å². The predicted octanol–water partition coefficient (Wildman–Crippen LogP) is 6.50. The molecular weight excluding hydrogens is 607 g/mol. The molecule has 4 aromatic rings. The summed E-state index contributed by atoms with van der Waals surface area (Å²) in [7, 11) is -3.81. The molecule has 1 unspecified atom stereocenters. The van der Waals surface area contributed by atoms with Gasteiger partial charge in [-0.15, -0.1) is 10.2 Å². The average molecular weight is 629 g/mol. The van der Waals surface area contributed by atoms with Crippen molar-refractivity contribution in [1.82, 2.24) is 20.3 Å². The number of alkyl halides is 5. The summed E-state index contributed by atoms with van der Waals surface area (Å²) in [5.41, 5.74) is -0.946. The molecule has 0 fully saturated rings. The Bertz CT molecular complexity index is 1750. The van der Waals surface area contributed by atoms with Gasteiger partial charge in [0.15, 0.2) is 0 Å². The Hall–Kier alpha value is -4.04. The Morgan fingerprint density at radius 1 is 1.09 bits per heavy atom. The summed E-state index contributed by atoms with van der Waals surface area (Å²) in [4.78, 5) is 27.5. The van der Waals surface area contributed by atoms with Crippen LogP contribution >= 0.6 is 7.37 Å². The van der Waals surface area contributed by atoms with Crippen molar-refractivity contribution in [1.29, 1.82) is 0 Å². The van der Waals surface area contributed by atoms with Crippen LogP contribution in [0.4, 0.5) is 32.0 Å². The van der Waals surface area contributed by atoms with E-state index in [1.54, 1.807) is 0 Å². The highest BCUT2D eigenvalue weighted by molar-refractivity contribution is 7.58. The SMILES string of the molecule is CC(C)(c1nnc(-c2cc3c(cc2F)C(F)(F)CCC(=O)N3Cc2ccc(-c3noc(C(F)(F)F)n3)cc2)o1)P(C)(=O)O. The Labute approximate surface area is 239 Å². The van der Waals surface area contributed by atoms with E-state index >= 15 is 13.2 Å². The summed E-state index contributed by atoms with van der Waals surface area (Å²) in [6.07, 6.45) is -6.28. The van der Waals surface area contributed by atoms with Crippen molar-refractivity contribution >= 4 is 19.0 Å². The van der Waals surface area contributed by atoms with Crippen molar-refractivity contribution < 1.29 is 49.5 Å². The normalized spacial score (nSPS) is 17.0. The maximum atomic E-state index is 15.3. The number of hydrogen-bond donors (Lipinski definition) is 1. The van der Waals surface area contributed by atoms with Crippen molar-refractivity contribution in [3.05, 3.63) is 65.1 Å². The Balaban J connectivity index is 1.52. The fourth-order valence-corrected chi connectivity index (χ4v) is 4.68. The number of benzene rings is 2. The lowest BCUT2D eigenvalue weighted by atomic mass is 10.00. The lowest BCUT2D eigenvalue weighted by molar-refractivity contribution is -0.159. The fourth-order valence-electron chi connectivity index (χ4n) is 4.24. The van der Waals surface area contributed by atoms with Gasteiger partial charge in [0.05, 0.1) is 17.8 Å². The van der Waals surface area contributed by atoms with Crippen LogP contribution in [0, 0.1) is 5.82 Å². The van der Waals surface area contributed by atoms with Gasteiger partial charge in [-0.1, -0.05) is 29.4 Å². The van der Waals surface area contributed by atoms with Crippen LogP contribution in [0.15, 0.2) is 45.3 Å². The maximum absolute atomic E-state index is 15.3. The Morgan fingerprint density at radius 2 is 1.77 bits per heavy atom. The van der Waals surface area contributed by atoms with Gasteiger partial charge in [-0.3, -0.25) is 9.36 Å². The predicted molar refractivity (Wildman–Crippen MR) is 138 cm³/mol. The molecule has 0 saturated heterocycles. The van der Waals surface area contributed by atoms with E-state index in [0.29, 0.717) is 11.6 Å². The molecule has 0 radical (unpaired) electrons. The minimum absolute atomic E-state index is 0.163. The second-order valence-corrected chi connectivity index (χ2v) is 13.4. The fraction of sp³-hybridized carbons (Fsp3) is 0.346. The largest absolute Gasteiger partial charge is 0.471 e. The number of rotatable bonds is 6. The van der Waals surface area contributed by atoms with E-state index in [1.807, 2.05) is 0 Å². The molecule has 17 heteroatoms. The first-order chi connectivity index (χ1) is 19.9. The number of anilines is 1. The Kier molecular flexibility index (Phi) is 7.29. The summed E-state index contributed by atoms with van der Waals surface area (Å²) < 4.78 is 106. The third kappa shape index (κ3) is 5.68. The highest BCUT2D eigenvalue weighted by Gasteiger charge is 2.44. The molecule has 0 saturated carbocycles. The van der Waals surface area contributed by atoms with Crippen LogP contribution in [-0.2, 0) is 33.2 Å². The molecular formula is C26H22F6N5O5P. The number of hydrogen-bond acceptors (Lipinski definition) is 8. The van der Waals surface area contributed by atoms with Crippen molar-refractivity contribution in [3.63, 3.8) is 0 Å². The van der Waals surface area contributed by atoms with Crippen LogP contribution in [0.1, 0.15) is 49.6 Å². The quantitative estimate of drug-likeness (QED) is 0.187. The van der Waals surface area contributed by atoms with Crippen LogP contribution in [0.3, 0.4) is 0 Å². The topological polar surface area (TPSA) is 135 Å². The molecule has 1 amide bonds. The molecule has 2 aromatic carbocycles. The summed E-state index contributed by atoms with van der Waals surface area (Å²) >= 11 is 0. The van der Waals surface area contributed by atoms with Gasteiger partial charge in [0, 0.05) is 30.6 Å². The van der Waals surface area contributed by atoms with Gasteiger partial charge in [0.2, 0.25) is 25.0 Å². The number of carbonyl (C=O) groups is 1. The number of nitrogens with zero attached hydrogens (tertiary/aromatic N) is 5. The van der Waals surface area contributed by atoms with E-state index in [9.17, 15) is 27.4 Å². The van der Waals surface area contributed by atoms with Gasteiger partial charge in [-0.2, -0.15) is 18.2 Å². The van der Waals surface area contributed by atoms with E-state index in [0.717, 1.165) is 17.6 Å². The molecule has 1 N–H and O–H groups in total. The molecule has 1 aliphatic heterocycles. The standard InChI is InChI=1S/C26H22F6N5O5P/c1-24(2,43(3,39)40)22-35-34-21(41-22)15-10-18-16(11-17(15)27)25(28,29)9-8-19(38)37(18)12-13-4-6-14(7-5-13)20-33-23(42-36-20)26(30,31)32/h4-7,10-11H,8-9,12H2,1-3H3,(H,39,40). The maximum Gasteiger partial charge on any atom is 0.471 e. The molecule has 1 atom stereocenters. The second-order valence-electron chi connectivity index (χ2n) is 10.5. The first-order valence-corrected chi connectivity index (χ1v) is 14.7. The first kappa shape index (κ1) is 30.4. The summed E-state index contributed by atoms with van der Waals surface area (Å²) in [5, 5.41) is 9.31. The van der Waals surface area contributed by atoms with Crippen molar-refractivity contribution in [3.8, 4) is 22.8 Å². The third-order valence-corrected chi connectivity index (χ3v) is 9.43. The molecule has 2 aromatic heterocycles. The zero-order valence-electron chi connectivity index (χ0n) is 22.6. The lowest BCUT2D eigenvalue weighted by Crippen LogP contribution is -2.29. The number of amides is 1. The van der Waals surface area contributed by atoms with Crippen molar-refractivity contribution in [2.45, 2.75) is 50.5 Å². The molecule has 10 nitrogen and oxygen atoms in total. The smallest absolute Gasteiger partial charge is 0.419 e. The van der Waals surface area contributed by atoms with Crippen LogP contribution in [-0.4, -0.2) is 37.8 Å². The van der Waals surface area contributed by atoms with E-state index in [1.165, 1.54) is 38.1 Å². The zero-order valence-corrected chi connectivity index (χ0v) is 23.5. The molecule has 1 aliphatic rings. The third-order valence-electron chi connectivity index (χ3n) is 7.16. The molecule has 43 heavy (non-hydrogen) atoms. The number of carbonyl (C=O) groups excluding carboxylic acids is 1. The molecule has 5 rings (SSSR count). The van der Waals surface area contributed by atoms with Gasteiger partial charge in [-0.05, 0) is 31.5 Å².